The van der Waals surface area contributed by atoms with E-state index in [1.807, 2.05) is 0 Å². The summed E-state index contributed by atoms with van der Waals surface area (Å²) in [5.74, 6) is -0.241. The van der Waals surface area contributed by atoms with E-state index in [-0.39, 0.29) is 18.5 Å². The third-order valence-corrected chi connectivity index (χ3v) is 4.70. The lowest BCUT2D eigenvalue weighted by Gasteiger charge is -2.38. The van der Waals surface area contributed by atoms with Crippen molar-refractivity contribution >= 4 is 0 Å². The Morgan fingerprint density at radius 1 is 1.17 bits per heavy atom. The van der Waals surface area contributed by atoms with Gasteiger partial charge in [0, 0.05) is 32.0 Å². The van der Waals surface area contributed by atoms with Gasteiger partial charge in [0.05, 0.1) is 19.3 Å². The molecular weight excluding hydrogens is 230 g/mol. The highest BCUT2D eigenvalue weighted by atomic mass is 16.7. The van der Waals surface area contributed by atoms with Gasteiger partial charge in [-0.1, -0.05) is 6.42 Å². The predicted octanol–water partition coefficient (Wildman–Crippen LogP) is 1.52. The molecule has 1 spiro atoms. The number of ether oxygens (including phenoxy) is 2. The molecule has 0 bridgehead atoms. The van der Waals surface area contributed by atoms with Crippen molar-refractivity contribution in [3.63, 3.8) is 0 Å². The lowest BCUT2D eigenvalue weighted by atomic mass is 9.91. The molecule has 18 heavy (non-hydrogen) atoms. The molecule has 4 heteroatoms. The maximum Gasteiger partial charge on any atom is 0.168 e. The molecule has 3 rings (SSSR count). The zero-order valence-corrected chi connectivity index (χ0v) is 11.1. The van der Waals surface area contributed by atoms with E-state index in [2.05, 4.69) is 4.90 Å². The van der Waals surface area contributed by atoms with Gasteiger partial charge in [0.15, 0.2) is 5.79 Å². The molecule has 2 saturated carbocycles. The fourth-order valence-corrected chi connectivity index (χ4v) is 3.45. The van der Waals surface area contributed by atoms with Gasteiger partial charge in [-0.05, 0) is 25.7 Å². The van der Waals surface area contributed by atoms with Gasteiger partial charge in [-0.15, -0.1) is 0 Å². The van der Waals surface area contributed by atoms with Gasteiger partial charge in [0.1, 0.15) is 0 Å². The van der Waals surface area contributed by atoms with E-state index in [1.165, 1.54) is 32.1 Å². The largest absolute Gasteiger partial charge is 0.395 e. The minimum atomic E-state index is -0.241. The number of nitrogens with zero attached hydrogens (tertiary/aromatic N) is 1. The molecule has 1 aliphatic heterocycles. The molecule has 0 radical (unpaired) electrons. The van der Waals surface area contributed by atoms with Gasteiger partial charge in [0.25, 0.3) is 0 Å². The fraction of sp³-hybridized carbons (Fsp3) is 1.00. The van der Waals surface area contributed by atoms with E-state index in [9.17, 15) is 5.11 Å². The SMILES string of the molecule is OCCN(CC1COC2(CCCC2)O1)C1CCC1. The van der Waals surface area contributed by atoms with Crippen LogP contribution in [0, 0.1) is 0 Å². The molecule has 1 N–H and O–H groups in total. The second-order valence-electron chi connectivity index (χ2n) is 5.97. The van der Waals surface area contributed by atoms with Crippen LogP contribution in [0.25, 0.3) is 0 Å². The maximum absolute atomic E-state index is 9.17. The number of aliphatic hydroxyl groups is 1. The molecule has 1 atom stereocenters. The molecule has 4 nitrogen and oxygen atoms in total. The lowest BCUT2D eigenvalue weighted by Crippen LogP contribution is -2.46. The average molecular weight is 255 g/mol. The van der Waals surface area contributed by atoms with Crippen molar-refractivity contribution < 1.29 is 14.6 Å². The van der Waals surface area contributed by atoms with E-state index >= 15 is 0 Å². The molecule has 1 heterocycles. The Labute approximate surface area is 109 Å². The number of hydrogen-bond donors (Lipinski definition) is 1. The third-order valence-electron chi connectivity index (χ3n) is 4.70. The van der Waals surface area contributed by atoms with E-state index in [0.717, 1.165) is 32.5 Å². The van der Waals surface area contributed by atoms with Crippen molar-refractivity contribution in [3.05, 3.63) is 0 Å². The summed E-state index contributed by atoms with van der Waals surface area (Å²) in [6, 6.07) is 0.667. The highest BCUT2D eigenvalue weighted by molar-refractivity contribution is 4.87. The lowest BCUT2D eigenvalue weighted by molar-refractivity contribution is -0.164. The Morgan fingerprint density at radius 2 is 1.94 bits per heavy atom. The fourth-order valence-electron chi connectivity index (χ4n) is 3.45. The van der Waals surface area contributed by atoms with E-state index in [0.29, 0.717) is 6.04 Å². The average Bonchev–Trinajstić information content (AvgIpc) is 2.88. The molecule has 0 amide bonds. The zero-order chi connectivity index (χ0) is 12.4. The molecule has 1 saturated heterocycles. The summed E-state index contributed by atoms with van der Waals surface area (Å²) in [5.41, 5.74) is 0. The molecule has 0 aromatic heterocycles. The summed E-state index contributed by atoms with van der Waals surface area (Å²) in [6.45, 7) is 2.67. The van der Waals surface area contributed by atoms with Crippen LogP contribution in [-0.4, -0.2) is 54.2 Å². The van der Waals surface area contributed by atoms with Gasteiger partial charge in [-0.2, -0.15) is 0 Å². The maximum atomic E-state index is 9.17. The van der Waals surface area contributed by atoms with E-state index in [1.54, 1.807) is 0 Å². The van der Waals surface area contributed by atoms with Crippen LogP contribution in [0.3, 0.4) is 0 Å². The monoisotopic (exact) mass is 255 g/mol. The number of aliphatic hydroxyl groups excluding tert-OH is 1. The Morgan fingerprint density at radius 3 is 2.56 bits per heavy atom. The van der Waals surface area contributed by atoms with Gasteiger partial charge in [-0.3, -0.25) is 4.90 Å². The standard InChI is InChI=1S/C14H25NO3/c16-9-8-15(12-4-3-5-12)10-13-11-17-14(18-13)6-1-2-7-14/h12-13,16H,1-11H2. The third kappa shape index (κ3) is 2.57. The van der Waals surface area contributed by atoms with Gasteiger partial charge < -0.3 is 14.6 Å². The Kier molecular flexibility index (Phi) is 3.89. The minimum Gasteiger partial charge on any atom is -0.395 e. The Hall–Kier alpha value is -0.160. The normalized spacial score (nSPS) is 31.3. The molecule has 0 aromatic carbocycles. The van der Waals surface area contributed by atoms with Crippen molar-refractivity contribution in [2.24, 2.45) is 0 Å². The highest BCUT2D eigenvalue weighted by Gasteiger charge is 2.44. The summed E-state index contributed by atoms with van der Waals surface area (Å²) in [7, 11) is 0. The Bertz CT molecular complexity index is 274. The van der Waals surface area contributed by atoms with Crippen LogP contribution in [-0.2, 0) is 9.47 Å². The van der Waals surface area contributed by atoms with Crippen molar-refractivity contribution in [1.29, 1.82) is 0 Å². The topological polar surface area (TPSA) is 41.9 Å². The molecule has 0 aromatic rings. The first kappa shape index (κ1) is 12.9. The molecule has 3 fully saturated rings. The molecule has 1 unspecified atom stereocenters. The first-order valence-corrected chi connectivity index (χ1v) is 7.48. The van der Waals surface area contributed by atoms with Crippen LogP contribution in [0.1, 0.15) is 44.9 Å². The van der Waals surface area contributed by atoms with E-state index < -0.39 is 0 Å². The van der Waals surface area contributed by atoms with Crippen molar-refractivity contribution in [2.75, 3.05) is 26.3 Å². The van der Waals surface area contributed by atoms with Crippen molar-refractivity contribution in [2.45, 2.75) is 62.9 Å². The predicted molar refractivity (Wildman–Crippen MR) is 68.3 cm³/mol. The summed E-state index contributed by atoms with van der Waals surface area (Å²) >= 11 is 0. The van der Waals surface area contributed by atoms with Crippen LogP contribution < -0.4 is 0 Å². The van der Waals surface area contributed by atoms with Crippen LogP contribution in [0.15, 0.2) is 0 Å². The second kappa shape index (κ2) is 5.45. The minimum absolute atomic E-state index is 0.204. The number of rotatable bonds is 5. The van der Waals surface area contributed by atoms with Crippen LogP contribution >= 0.6 is 0 Å². The smallest absolute Gasteiger partial charge is 0.168 e. The van der Waals surface area contributed by atoms with Crippen LogP contribution in [0.2, 0.25) is 0 Å². The molecule has 104 valence electrons. The zero-order valence-electron chi connectivity index (χ0n) is 11.1. The second-order valence-corrected chi connectivity index (χ2v) is 5.97. The first-order chi connectivity index (χ1) is 8.81. The summed E-state index contributed by atoms with van der Waals surface area (Å²) in [4.78, 5) is 2.39. The van der Waals surface area contributed by atoms with Crippen molar-refractivity contribution in [3.8, 4) is 0 Å². The molecule has 2 aliphatic carbocycles. The Balaban J connectivity index is 1.52. The van der Waals surface area contributed by atoms with Crippen LogP contribution in [0.5, 0.6) is 0 Å². The van der Waals surface area contributed by atoms with Gasteiger partial charge in [-0.25, -0.2) is 0 Å². The molecular formula is C14H25NO3. The first-order valence-electron chi connectivity index (χ1n) is 7.48. The summed E-state index contributed by atoms with van der Waals surface area (Å²) < 4.78 is 12.1. The number of hydrogen-bond acceptors (Lipinski definition) is 4. The van der Waals surface area contributed by atoms with Crippen LogP contribution in [0.4, 0.5) is 0 Å². The van der Waals surface area contributed by atoms with E-state index in [4.69, 9.17) is 9.47 Å². The van der Waals surface area contributed by atoms with Crippen molar-refractivity contribution in [1.82, 2.24) is 4.90 Å². The van der Waals surface area contributed by atoms with Gasteiger partial charge >= 0.3 is 0 Å². The summed E-state index contributed by atoms with van der Waals surface area (Å²) in [5, 5.41) is 9.17. The highest BCUT2D eigenvalue weighted by Crippen LogP contribution is 2.39. The summed E-state index contributed by atoms with van der Waals surface area (Å²) in [6.07, 6.45) is 8.68. The van der Waals surface area contributed by atoms with Gasteiger partial charge in [0.2, 0.25) is 0 Å². The quantitative estimate of drug-likeness (QED) is 0.809. The molecule has 3 aliphatic rings.